The van der Waals surface area contributed by atoms with E-state index in [9.17, 15) is 15.2 Å². The van der Waals surface area contributed by atoms with Crippen molar-refractivity contribution in [1.29, 1.82) is 0 Å². The normalized spacial score (nSPS) is 14.5. The van der Waals surface area contributed by atoms with Crippen LogP contribution in [0, 0.1) is 10.1 Å². The number of rotatable bonds is 4. The molecule has 1 unspecified atom stereocenters. The van der Waals surface area contributed by atoms with Crippen molar-refractivity contribution in [3.8, 4) is 0 Å². The molecule has 1 atom stereocenters. The van der Waals surface area contributed by atoms with Crippen molar-refractivity contribution >= 4 is 17.3 Å². The molecule has 2 N–H and O–H groups in total. The summed E-state index contributed by atoms with van der Waals surface area (Å²) >= 11 is 5.65. The molecule has 0 heterocycles. The zero-order valence-electron chi connectivity index (χ0n) is 8.68. The van der Waals surface area contributed by atoms with Gasteiger partial charge in [0.05, 0.1) is 10.5 Å². The molecule has 0 aliphatic heterocycles. The summed E-state index contributed by atoms with van der Waals surface area (Å²) < 4.78 is 0. The molecule has 16 heavy (non-hydrogen) atoms. The van der Waals surface area contributed by atoms with Crippen LogP contribution in [0.3, 0.4) is 0 Å². The summed E-state index contributed by atoms with van der Waals surface area (Å²) in [6.07, 6.45) is 0.103. The van der Waals surface area contributed by atoms with Gasteiger partial charge in [0, 0.05) is 19.1 Å². The van der Waals surface area contributed by atoms with E-state index in [4.69, 9.17) is 16.7 Å². The monoisotopic (exact) mass is 245 g/mol. The maximum atomic E-state index is 10.6. The molecule has 0 aliphatic carbocycles. The molecule has 1 aromatic carbocycles. The minimum atomic E-state index is -1.30. The fourth-order valence-corrected chi connectivity index (χ4v) is 1.54. The van der Waals surface area contributed by atoms with Gasteiger partial charge < -0.3 is 10.2 Å². The van der Waals surface area contributed by atoms with Crippen molar-refractivity contribution in [2.24, 2.45) is 0 Å². The molecule has 0 radical (unpaired) electrons. The van der Waals surface area contributed by atoms with Crippen LogP contribution in [0.1, 0.15) is 18.9 Å². The molecule has 6 heteroatoms. The van der Waals surface area contributed by atoms with Crippen LogP contribution in [0.5, 0.6) is 0 Å². The molecule has 1 rings (SSSR count). The van der Waals surface area contributed by atoms with Gasteiger partial charge in [0.15, 0.2) is 0 Å². The lowest BCUT2D eigenvalue weighted by Gasteiger charge is -2.22. The van der Waals surface area contributed by atoms with Crippen LogP contribution in [0.15, 0.2) is 18.2 Å². The Balaban J connectivity index is 3.17. The largest absolute Gasteiger partial charge is 0.396 e. The van der Waals surface area contributed by atoms with Crippen LogP contribution >= 0.6 is 11.6 Å². The molecule has 0 fully saturated rings. The lowest BCUT2D eigenvalue weighted by atomic mass is 9.92. The van der Waals surface area contributed by atoms with Crippen LogP contribution in [0.25, 0.3) is 0 Å². The average Bonchev–Trinajstić information content (AvgIpc) is 2.17. The van der Waals surface area contributed by atoms with E-state index in [1.165, 1.54) is 25.1 Å². The Bertz CT molecular complexity index is 406. The highest BCUT2D eigenvalue weighted by Crippen LogP contribution is 2.31. The Hall–Kier alpha value is -1.17. The maximum Gasteiger partial charge on any atom is 0.288 e. The number of hydrogen-bond donors (Lipinski definition) is 2. The summed E-state index contributed by atoms with van der Waals surface area (Å²) in [6, 6.07) is 4.09. The van der Waals surface area contributed by atoms with Crippen molar-refractivity contribution in [1.82, 2.24) is 0 Å². The van der Waals surface area contributed by atoms with E-state index in [1.807, 2.05) is 0 Å². The number of aliphatic hydroxyl groups excluding tert-OH is 1. The van der Waals surface area contributed by atoms with Crippen molar-refractivity contribution < 1.29 is 15.1 Å². The van der Waals surface area contributed by atoms with Crippen molar-refractivity contribution in [2.45, 2.75) is 18.9 Å². The molecule has 5 nitrogen and oxygen atoms in total. The molecule has 0 aromatic heterocycles. The van der Waals surface area contributed by atoms with E-state index in [0.717, 1.165) is 0 Å². The highest BCUT2D eigenvalue weighted by atomic mass is 35.5. The van der Waals surface area contributed by atoms with E-state index in [1.54, 1.807) is 0 Å². The molecular formula is C10H12ClNO4. The van der Waals surface area contributed by atoms with Gasteiger partial charge in [0.25, 0.3) is 5.69 Å². The fraction of sp³-hybridized carbons (Fsp3) is 0.400. The van der Waals surface area contributed by atoms with E-state index in [-0.39, 0.29) is 23.7 Å². The molecule has 0 amide bonds. The first-order chi connectivity index (χ1) is 7.38. The van der Waals surface area contributed by atoms with Crippen LogP contribution in [-0.4, -0.2) is 21.7 Å². The first kappa shape index (κ1) is 12.9. The topological polar surface area (TPSA) is 83.6 Å². The van der Waals surface area contributed by atoms with Crippen LogP contribution in [-0.2, 0) is 5.60 Å². The lowest BCUT2D eigenvalue weighted by Crippen LogP contribution is -2.22. The summed E-state index contributed by atoms with van der Waals surface area (Å²) in [7, 11) is 0. The number of aliphatic hydroxyl groups is 2. The maximum absolute atomic E-state index is 10.6. The van der Waals surface area contributed by atoms with E-state index < -0.39 is 10.5 Å². The molecule has 1 aromatic rings. The third-order valence-corrected chi connectivity index (χ3v) is 2.68. The molecule has 0 saturated heterocycles. The van der Waals surface area contributed by atoms with Crippen molar-refractivity contribution in [3.05, 3.63) is 38.9 Å². The minimum Gasteiger partial charge on any atom is -0.396 e. The van der Waals surface area contributed by atoms with Crippen LogP contribution in [0.2, 0.25) is 5.02 Å². The first-order valence-corrected chi connectivity index (χ1v) is 5.04. The minimum absolute atomic E-state index is 0.0218. The number of nitrogens with zero attached hydrogens (tertiary/aromatic N) is 1. The van der Waals surface area contributed by atoms with Crippen molar-refractivity contribution in [3.63, 3.8) is 0 Å². The van der Waals surface area contributed by atoms with E-state index >= 15 is 0 Å². The third-order valence-electron chi connectivity index (χ3n) is 2.36. The zero-order valence-corrected chi connectivity index (χ0v) is 9.44. The van der Waals surface area contributed by atoms with Gasteiger partial charge in [-0.25, -0.2) is 0 Å². The van der Waals surface area contributed by atoms with Gasteiger partial charge in [-0.1, -0.05) is 17.7 Å². The number of hydrogen-bond acceptors (Lipinski definition) is 4. The van der Waals surface area contributed by atoms with Gasteiger partial charge in [0.2, 0.25) is 0 Å². The average molecular weight is 246 g/mol. The molecule has 0 spiro atoms. The van der Waals surface area contributed by atoms with E-state index in [0.29, 0.717) is 5.56 Å². The summed E-state index contributed by atoms with van der Waals surface area (Å²) in [5, 5.41) is 29.4. The predicted octanol–water partition coefficient (Wildman–Crippen LogP) is 1.84. The number of halogens is 1. The quantitative estimate of drug-likeness (QED) is 0.626. The van der Waals surface area contributed by atoms with Crippen LogP contribution in [0.4, 0.5) is 5.69 Å². The number of nitro groups is 1. The van der Waals surface area contributed by atoms with E-state index in [2.05, 4.69) is 0 Å². The number of nitro benzene ring substituents is 1. The Morgan fingerprint density at radius 3 is 2.69 bits per heavy atom. The molecular weight excluding hydrogens is 234 g/mol. The van der Waals surface area contributed by atoms with Gasteiger partial charge in [0.1, 0.15) is 5.02 Å². The fourth-order valence-electron chi connectivity index (χ4n) is 1.35. The van der Waals surface area contributed by atoms with Gasteiger partial charge in [-0.15, -0.1) is 0 Å². The van der Waals surface area contributed by atoms with Gasteiger partial charge in [-0.3, -0.25) is 10.1 Å². The molecule has 0 saturated carbocycles. The van der Waals surface area contributed by atoms with Gasteiger partial charge in [-0.2, -0.15) is 0 Å². The zero-order chi connectivity index (χ0) is 12.3. The molecule has 0 aliphatic rings. The van der Waals surface area contributed by atoms with Crippen LogP contribution < -0.4 is 0 Å². The van der Waals surface area contributed by atoms with Crippen molar-refractivity contribution in [2.75, 3.05) is 6.61 Å². The Morgan fingerprint density at radius 2 is 2.19 bits per heavy atom. The third kappa shape index (κ3) is 2.69. The second-order valence-corrected chi connectivity index (χ2v) is 4.08. The smallest absolute Gasteiger partial charge is 0.288 e. The summed E-state index contributed by atoms with van der Waals surface area (Å²) in [6.45, 7) is 1.28. The SMILES string of the molecule is CC(O)(CCO)c1ccc(Cl)c([N+](=O)[O-])c1. The Kier molecular flexibility index (Phi) is 3.85. The Morgan fingerprint density at radius 1 is 1.56 bits per heavy atom. The molecule has 0 bridgehead atoms. The molecule has 88 valence electrons. The predicted molar refractivity (Wildman–Crippen MR) is 59.4 cm³/mol. The standard InChI is InChI=1S/C10H12ClNO4/c1-10(14,4-5-13)7-2-3-8(11)9(6-7)12(15)16/h2-3,6,13-14H,4-5H2,1H3. The summed E-state index contributed by atoms with van der Waals surface area (Å²) in [5.41, 5.74) is -1.19. The van der Waals surface area contributed by atoms with Gasteiger partial charge in [-0.05, 0) is 18.6 Å². The second kappa shape index (κ2) is 4.78. The lowest BCUT2D eigenvalue weighted by molar-refractivity contribution is -0.384. The highest BCUT2D eigenvalue weighted by Gasteiger charge is 2.25. The second-order valence-electron chi connectivity index (χ2n) is 3.67. The number of benzene rings is 1. The summed E-state index contributed by atoms with van der Waals surface area (Å²) in [4.78, 5) is 10.0. The summed E-state index contributed by atoms with van der Waals surface area (Å²) in [5.74, 6) is 0. The Labute approximate surface area is 97.4 Å². The van der Waals surface area contributed by atoms with Gasteiger partial charge >= 0.3 is 0 Å². The highest BCUT2D eigenvalue weighted by molar-refractivity contribution is 6.32. The first-order valence-electron chi connectivity index (χ1n) is 4.66.